The average molecular weight is 372 g/mol. The SMILES string of the molecule is N#CC1(c2ccc(OCCCN3CCC(C(=O)O)CC3)cc2)CCOCC1. The third-order valence-corrected chi connectivity index (χ3v) is 5.79. The van der Waals surface area contributed by atoms with Crippen LogP contribution < -0.4 is 4.74 Å². The van der Waals surface area contributed by atoms with Gasteiger partial charge < -0.3 is 19.5 Å². The lowest BCUT2D eigenvalue weighted by molar-refractivity contribution is -0.143. The second kappa shape index (κ2) is 9.20. The van der Waals surface area contributed by atoms with Crippen molar-refractivity contribution in [1.29, 1.82) is 5.26 Å². The summed E-state index contributed by atoms with van der Waals surface area (Å²) in [6.07, 6.45) is 3.87. The Balaban J connectivity index is 1.41. The van der Waals surface area contributed by atoms with Crippen LogP contribution in [0.25, 0.3) is 0 Å². The van der Waals surface area contributed by atoms with E-state index in [1.165, 1.54) is 0 Å². The van der Waals surface area contributed by atoms with E-state index in [2.05, 4.69) is 11.0 Å². The molecule has 1 aromatic carbocycles. The third-order valence-electron chi connectivity index (χ3n) is 5.79. The maximum absolute atomic E-state index is 11.0. The number of carbonyl (C=O) groups is 1. The molecule has 146 valence electrons. The number of hydrogen-bond donors (Lipinski definition) is 1. The highest BCUT2D eigenvalue weighted by Crippen LogP contribution is 2.34. The third kappa shape index (κ3) is 5.00. The van der Waals surface area contributed by atoms with Gasteiger partial charge in [-0.15, -0.1) is 0 Å². The number of ether oxygens (including phenoxy) is 2. The average Bonchev–Trinajstić information content (AvgIpc) is 2.72. The highest BCUT2D eigenvalue weighted by molar-refractivity contribution is 5.70. The molecule has 2 aliphatic heterocycles. The van der Waals surface area contributed by atoms with E-state index >= 15 is 0 Å². The molecule has 0 aromatic heterocycles. The zero-order valence-corrected chi connectivity index (χ0v) is 15.7. The van der Waals surface area contributed by atoms with Gasteiger partial charge >= 0.3 is 5.97 Å². The van der Waals surface area contributed by atoms with Gasteiger partial charge in [0.05, 0.1) is 24.0 Å². The summed E-state index contributed by atoms with van der Waals surface area (Å²) in [4.78, 5) is 13.3. The van der Waals surface area contributed by atoms with Crippen LogP contribution in [0.1, 0.15) is 37.7 Å². The molecule has 2 aliphatic rings. The summed E-state index contributed by atoms with van der Waals surface area (Å²) in [6, 6.07) is 10.4. The lowest BCUT2D eigenvalue weighted by atomic mass is 9.75. The Labute approximate surface area is 160 Å². The molecule has 6 heteroatoms. The second-order valence-electron chi connectivity index (χ2n) is 7.49. The molecule has 0 saturated carbocycles. The molecule has 0 radical (unpaired) electrons. The van der Waals surface area contributed by atoms with Gasteiger partial charge in [0.25, 0.3) is 0 Å². The number of aliphatic carboxylic acids is 1. The van der Waals surface area contributed by atoms with E-state index in [0.717, 1.165) is 63.1 Å². The van der Waals surface area contributed by atoms with Gasteiger partial charge in [0.2, 0.25) is 0 Å². The Morgan fingerprint density at radius 2 is 1.93 bits per heavy atom. The van der Waals surface area contributed by atoms with Crippen molar-refractivity contribution < 1.29 is 19.4 Å². The molecule has 1 aromatic rings. The van der Waals surface area contributed by atoms with Crippen LogP contribution in [0.5, 0.6) is 5.75 Å². The fourth-order valence-corrected chi connectivity index (χ4v) is 3.94. The van der Waals surface area contributed by atoms with Crippen molar-refractivity contribution in [2.24, 2.45) is 5.92 Å². The fraction of sp³-hybridized carbons (Fsp3) is 0.619. The molecule has 0 bridgehead atoms. The quantitative estimate of drug-likeness (QED) is 0.741. The van der Waals surface area contributed by atoms with Crippen LogP contribution in [0.15, 0.2) is 24.3 Å². The number of nitriles is 1. The van der Waals surface area contributed by atoms with Crippen molar-refractivity contribution in [3.05, 3.63) is 29.8 Å². The van der Waals surface area contributed by atoms with Gasteiger partial charge in [0, 0.05) is 19.8 Å². The topological polar surface area (TPSA) is 82.8 Å². The Morgan fingerprint density at radius 1 is 1.26 bits per heavy atom. The molecule has 2 fully saturated rings. The summed E-state index contributed by atoms with van der Waals surface area (Å²) in [7, 11) is 0. The van der Waals surface area contributed by atoms with E-state index in [4.69, 9.17) is 14.6 Å². The van der Waals surface area contributed by atoms with Crippen molar-refractivity contribution in [1.82, 2.24) is 4.90 Å². The molecule has 0 aliphatic carbocycles. The maximum Gasteiger partial charge on any atom is 0.306 e. The van der Waals surface area contributed by atoms with Crippen LogP contribution in [0.4, 0.5) is 0 Å². The Kier molecular flexibility index (Phi) is 6.70. The van der Waals surface area contributed by atoms with Gasteiger partial charge in [-0.2, -0.15) is 5.26 Å². The van der Waals surface area contributed by atoms with Crippen molar-refractivity contribution in [3.63, 3.8) is 0 Å². The number of rotatable bonds is 7. The van der Waals surface area contributed by atoms with Gasteiger partial charge in [-0.1, -0.05) is 12.1 Å². The monoisotopic (exact) mass is 372 g/mol. The van der Waals surface area contributed by atoms with E-state index < -0.39 is 11.4 Å². The maximum atomic E-state index is 11.0. The molecule has 3 rings (SSSR count). The summed E-state index contributed by atoms with van der Waals surface area (Å²) in [5.74, 6) is -0.0210. The number of carboxylic acid groups (broad SMARTS) is 1. The van der Waals surface area contributed by atoms with Gasteiger partial charge in [-0.05, 0) is 62.9 Å². The molecule has 2 heterocycles. The first-order chi connectivity index (χ1) is 13.1. The number of benzene rings is 1. The molecule has 6 nitrogen and oxygen atoms in total. The summed E-state index contributed by atoms with van der Waals surface area (Å²) in [5.41, 5.74) is 0.612. The summed E-state index contributed by atoms with van der Waals surface area (Å²) in [6.45, 7) is 4.54. The number of carboxylic acids is 1. The van der Waals surface area contributed by atoms with Gasteiger partial charge in [-0.3, -0.25) is 4.79 Å². The van der Waals surface area contributed by atoms with Crippen molar-refractivity contribution >= 4 is 5.97 Å². The summed E-state index contributed by atoms with van der Waals surface area (Å²) < 4.78 is 11.2. The molecule has 0 unspecified atom stereocenters. The predicted octanol–water partition coefficient (Wildman–Crippen LogP) is 2.82. The number of nitrogens with zero attached hydrogens (tertiary/aromatic N) is 2. The molecule has 2 saturated heterocycles. The second-order valence-corrected chi connectivity index (χ2v) is 7.49. The highest BCUT2D eigenvalue weighted by atomic mass is 16.5. The smallest absolute Gasteiger partial charge is 0.306 e. The summed E-state index contributed by atoms with van der Waals surface area (Å²) in [5, 5.41) is 18.7. The van der Waals surface area contributed by atoms with Crippen molar-refractivity contribution in [2.45, 2.75) is 37.5 Å². The highest BCUT2D eigenvalue weighted by Gasteiger charge is 2.34. The van der Waals surface area contributed by atoms with Crippen LogP contribution in [0.2, 0.25) is 0 Å². The first kappa shape index (κ1) is 19.7. The van der Waals surface area contributed by atoms with Crippen molar-refractivity contribution in [2.75, 3.05) is 39.5 Å². The van der Waals surface area contributed by atoms with Gasteiger partial charge in [0.1, 0.15) is 5.75 Å². The normalized spacial score (nSPS) is 20.7. The van der Waals surface area contributed by atoms with Crippen LogP contribution >= 0.6 is 0 Å². The molecule has 27 heavy (non-hydrogen) atoms. The van der Waals surface area contributed by atoms with Gasteiger partial charge in [0.15, 0.2) is 0 Å². The van der Waals surface area contributed by atoms with Crippen LogP contribution in [0.3, 0.4) is 0 Å². The molecule has 0 atom stereocenters. The number of piperidine rings is 1. The van der Waals surface area contributed by atoms with Crippen LogP contribution in [-0.2, 0) is 14.9 Å². The minimum Gasteiger partial charge on any atom is -0.494 e. The number of hydrogen-bond acceptors (Lipinski definition) is 5. The van der Waals surface area contributed by atoms with E-state index in [1.54, 1.807) is 0 Å². The van der Waals surface area contributed by atoms with Crippen LogP contribution in [-0.4, -0.2) is 55.4 Å². The molecular formula is C21H28N2O4. The first-order valence-corrected chi connectivity index (χ1v) is 9.80. The Hall–Kier alpha value is -2.10. The zero-order chi connectivity index (χ0) is 19.1. The number of likely N-dealkylation sites (tertiary alicyclic amines) is 1. The van der Waals surface area contributed by atoms with E-state index in [0.29, 0.717) is 19.8 Å². The molecular weight excluding hydrogens is 344 g/mol. The fourth-order valence-electron chi connectivity index (χ4n) is 3.94. The lowest BCUT2D eigenvalue weighted by Crippen LogP contribution is -2.37. The summed E-state index contributed by atoms with van der Waals surface area (Å²) >= 11 is 0. The molecule has 0 amide bonds. The molecule has 1 N–H and O–H groups in total. The van der Waals surface area contributed by atoms with E-state index in [9.17, 15) is 10.1 Å². The van der Waals surface area contributed by atoms with Gasteiger partial charge in [-0.25, -0.2) is 0 Å². The van der Waals surface area contributed by atoms with E-state index in [-0.39, 0.29) is 5.92 Å². The van der Waals surface area contributed by atoms with E-state index in [1.807, 2.05) is 24.3 Å². The minimum absolute atomic E-state index is 0.177. The zero-order valence-electron chi connectivity index (χ0n) is 15.7. The predicted molar refractivity (Wildman–Crippen MR) is 101 cm³/mol. The Bertz CT molecular complexity index is 654. The Morgan fingerprint density at radius 3 is 2.52 bits per heavy atom. The largest absolute Gasteiger partial charge is 0.494 e. The van der Waals surface area contributed by atoms with Crippen LogP contribution in [0, 0.1) is 17.2 Å². The minimum atomic E-state index is -0.666. The first-order valence-electron chi connectivity index (χ1n) is 9.80. The van der Waals surface area contributed by atoms with Crippen molar-refractivity contribution in [3.8, 4) is 11.8 Å². The standard InChI is InChI=1S/C21H28N2O4/c22-16-21(8-14-26-15-9-21)18-2-4-19(5-3-18)27-13-1-10-23-11-6-17(7-12-23)20(24)25/h2-5,17H,1,6-15H2,(H,24,25). The lowest BCUT2D eigenvalue weighted by Gasteiger charge is -2.31. The molecule has 0 spiro atoms.